The fraction of sp³-hybridized carbons (Fsp3) is 0.720. The van der Waals surface area contributed by atoms with Gasteiger partial charge in [0.2, 0.25) is 5.79 Å². The summed E-state index contributed by atoms with van der Waals surface area (Å²) in [7, 11) is 0. The van der Waals surface area contributed by atoms with Gasteiger partial charge in [-0.15, -0.1) is 0 Å². The topological polar surface area (TPSA) is 72.5 Å². The quantitative estimate of drug-likeness (QED) is 0.486. The molecule has 1 aromatic carbocycles. The average molecular weight is 447 g/mol. The van der Waals surface area contributed by atoms with Crippen LogP contribution in [0.15, 0.2) is 30.3 Å². The third-order valence-electron chi connectivity index (χ3n) is 7.97. The van der Waals surface area contributed by atoms with Gasteiger partial charge in [0.1, 0.15) is 0 Å². The molecule has 0 amide bonds. The summed E-state index contributed by atoms with van der Waals surface area (Å²) < 4.78 is 24.6. The fourth-order valence-electron chi connectivity index (χ4n) is 6.28. The van der Waals surface area contributed by atoms with E-state index in [9.17, 15) is 4.79 Å². The Morgan fingerprint density at radius 1 is 1.12 bits per heavy atom. The van der Waals surface area contributed by atoms with Crippen molar-refractivity contribution in [2.45, 2.75) is 83.5 Å². The Balaban J connectivity index is 1.46. The molecule has 0 radical (unpaired) electrons. The summed E-state index contributed by atoms with van der Waals surface area (Å²) in [6.45, 7) is 8.38. The van der Waals surface area contributed by atoms with E-state index < -0.39 is 36.0 Å². The van der Waals surface area contributed by atoms with E-state index in [2.05, 4.69) is 13.8 Å². The van der Waals surface area contributed by atoms with Gasteiger partial charge in [0.05, 0.1) is 6.61 Å². The zero-order valence-corrected chi connectivity index (χ0v) is 19.3. The molecule has 5 aliphatic rings. The lowest BCUT2D eigenvalue weighted by Crippen LogP contribution is -2.70. The highest BCUT2D eigenvalue weighted by molar-refractivity contribution is 5.76. The fourth-order valence-corrected chi connectivity index (χ4v) is 6.28. The maximum absolute atomic E-state index is 12.8. The molecule has 1 aliphatic carbocycles. The van der Waals surface area contributed by atoms with E-state index in [0.29, 0.717) is 5.92 Å². The van der Waals surface area contributed by atoms with Gasteiger partial charge in [-0.3, -0.25) is 0 Å². The minimum absolute atomic E-state index is 0.0171. The molecule has 0 unspecified atom stereocenters. The van der Waals surface area contributed by atoms with E-state index in [-0.39, 0.29) is 24.4 Å². The van der Waals surface area contributed by atoms with Crippen LogP contribution in [0.1, 0.15) is 65.0 Å². The molecule has 1 spiro atoms. The van der Waals surface area contributed by atoms with Crippen molar-refractivity contribution < 1.29 is 33.5 Å². The van der Waals surface area contributed by atoms with Crippen molar-refractivity contribution in [3.63, 3.8) is 0 Å². The Hall–Kier alpha value is -1.51. The Labute approximate surface area is 189 Å². The summed E-state index contributed by atoms with van der Waals surface area (Å²) in [5.74, 6) is -0.368. The number of carbonyl (C=O) groups is 1. The smallest absolute Gasteiger partial charge is 0.340 e. The van der Waals surface area contributed by atoms with Crippen molar-refractivity contribution in [1.29, 1.82) is 0 Å². The Kier molecular flexibility index (Phi) is 5.83. The molecule has 0 aromatic heterocycles. The minimum atomic E-state index is -0.869. The molecule has 4 saturated heterocycles. The molecule has 0 N–H and O–H groups in total. The first-order valence-corrected chi connectivity index (χ1v) is 11.9. The third-order valence-corrected chi connectivity index (χ3v) is 7.97. The summed E-state index contributed by atoms with van der Waals surface area (Å²) in [5, 5.41) is 0. The first kappa shape index (κ1) is 22.3. The molecular formula is C25H34O7. The highest BCUT2D eigenvalue weighted by Gasteiger charge is 2.69. The SMILES string of the molecule is CCOC(=O)[C@H](O[C@H]1O[C@@H]2O[C@@]3(C)CC[C@H]4[C@H](C)CC[C@@H]([C@H]1C)[C@@]24OO3)c1ccccc1. The van der Waals surface area contributed by atoms with Gasteiger partial charge in [0.25, 0.3) is 0 Å². The summed E-state index contributed by atoms with van der Waals surface area (Å²) in [6, 6.07) is 9.43. The van der Waals surface area contributed by atoms with Crippen LogP contribution in [0, 0.1) is 23.7 Å². The molecule has 6 rings (SSSR count). The van der Waals surface area contributed by atoms with Crippen LogP contribution in [-0.2, 0) is 33.5 Å². The number of rotatable bonds is 5. The van der Waals surface area contributed by atoms with Crippen LogP contribution in [-0.4, -0.2) is 36.5 Å². The molecular weight excluding hydrogens is 412 g/mol. The second-order valence-corrected chi connectivity index (χ2v) is 9.95. The normalized spacial score (nSPS) is 43.8. The molecule has 7 heteroatoms. The largest absolute Gasteiger partial charge is 0.464 e. The molecule has 7 nitrogen and oxygen atoms in total. The Bertz CT molecular complexity index is 831. The lowest BCUT2D eigenvalue weighted by atomic mass is 9.58. The molecule has 4 heterocycles. The van der Waals surface area contributed by atoms with E-state index in [1.54, 1.807) is 6.92 Å². The molecule has 176 valence electrons. The number of esters is 1. The molecule has 4 aliphatic heterocycles. The maximum atomic E-state index is 12.8. The predicted octanol–water partition coefficient (Wildman–Crippen LogP) is 4.52. The monoisotopic (exact) mass is 446 g/mol. The van der Waals surface area contributed by atoms with Gasteiger partial charge in [0, 0.05) is 18.3 Å². The van der Waals surface area contributed by atoms with Gasteiger partial charge in [-0.05, 0) is 50.5 Å². The number of hydrogen-bond acceptors (Lipinski definition) is 7. The van der Waals surface area contributed by atoms with Crippen molar-refractivity contribution in [1.82, 2.24) is 0 Å². The van der Waals surface area contributed by atoms with Crippen molar-refractivity contribution in [3.05, 3.63) is 35.9 Å². The zero-order chi connectivity index (χ0) is 22.5. The standard InChI is InChI=1S/C25H34O7/c1-5-27-21(26)20(17-9-7-6-8-10-17)28-22-16(3)19-12-11-15(2)18-13-14-24(4)30-23(29-22)25(18,19)32-31-24/h6-10,15-16,18-20,22-23H,5,11-14H2,1-4H3/t15-,16-,18+,19+,20-,22+,23-,24-,25-/m1/s1. The third kappa shape index (κ3) is 3.49. The van der Waals surface area contributed by atoms with Gasteiger partial charge in [-0.2, -0.15) is 0 Å². The predicted molar refractivity (Wildman–Crippen MR) is 114 cm³/mol. The van der Waals surface area contributed by atoms with Gasteiger partial charge in [-0.1, -0.05) is 44.2 Å². The number of hydrogen-bond donors (Lipinski definition) is 0. The van der Waals surface area contributed by atoms with Crippen LogP contribution in [0.4, 0.5) is 0 Å². The van der Waals surface area contributed by atoms with E-state index in [4.69, 9.17) is 28.7 Å². The van der Waals surface area contributed by atoms with Crippen LogP contribution >= 0.6 is 0 Å². The van der Waals surface area contributed by atoms with Crippen LogP contribution in [0.2, 0.25) is 0 Å². The first-order valence-electron chi connectivity index (χ1n) is 11.9. The van der Waals surface area contributed by atoms with Gasteiger partial charge in [0.15, 0.2) is 24.3 Å². The van der Waals surface area contributed by atoms with E-state index in [1.165, 1.54) is 0 Å². The lowest BCUT2D eigenvalue weighted by molar-refractivity contribution is -0.578. The van der Waals surface area contributed by atoms with Crippen LogP contribution in [0.3, 0.4) is 0 Å². The molecule has 1 saturated carbocycles. The molecule has 2 bridgehead atoms. The van der Waals surface area contributed by atoms with Crippen molar-refractivity contribution in [2.75, 3.05) is 6.61 Å². The summed E-state index contributed by atoms with van der Waals surface area (Å²) in [5.41, 5.74) is 0.0890. The second kappa shape index (κ2) is 8.37. The van der Waals surface area contributed by atoms with Crippen molar-refractivity contribution in [3.8, 4) is 0 Å². The zero-order valence-electron chi connectivity index (χ0n) is 19.3. The van der Waals surface area contributed by atoms with E-state index in [1.807, 2.05) is 37.3 Å². The highest BCUT2D eigenvalue weighted by Crippen LogP contribution is 2.60. The molecule has 32 heavy (non-hydrogen) atoms. The average Bonchev–Trinajstić information content (AvgIpc) is 3.02. The molecule has 1 aromatic rings. The lowest BCUT2D eigenvalue weighted by Gasteiger charge is -2.60. The summed E-state index contributed by atoms with van der Waals surface area (Å²) in [4.78, 5) is 24.9. The molecule has 5 fully saturated rings. The number of benzene rings is 1. The van der Waals surface area contributed by atoms with E-state index >= 15 is 0 Å². The molecule has 9 atom stereocenters. The maximum Gasteiger partial charge on any atom is 0.340 e. The van der Waals surface area contributed by atoms with Crippen LogP contribution < -0.4 is 0 Å². The number of ether oxygens (including phenoxy) is 4. The van der Waals surface area contributed by atoms with Crippen molar-refractivity contribution >= 4 is 5.97 Å². The number of carbonyl (C=O) groups excluding carboxylic acids is 1. The minimum Gasteiger partial charge on any atom is -0.464 e. The summed E-state index contributed by atoms with van der Waals surface area (Å²) in [6.07, 6.45) is 1.70. The van der Waals surface area contributed by atoms with Crippen LogP contribution in [0.5, 0.6) is 0 Å². The Morgan fingerprint density at radius 2 is 1.91 bits per heavy atom. The Morgan fingerprint density at radius 3 is 2.66 bits per heavy atom. The van der Waals surface area contributed by atoms with Crippen molar-refractivity contribution in [2.24, 2.45) is 23.7 Å². The van der Waals surface area contributed by atoms with Gasteiger partial charge in [-0.25, -0.2) is 14.6 Å². The van der Waals surface area contributed by atoms with E-state index in [0.717, 1.165) is 31.2 Å². The van der Waals surface area contributed by atoms with Gasteiger partial charge < -0.3 is 18.9 Å². The van der Waals surface area contributed by atoms with Crippen LogP contribution in [0.25, 0.3) is 0 Å². The number of fused-ring (bicyclic) bond motifs is 2. The first-order chi connectivity index (χ1) is 15.4. The second-order valence-electron chi connectivity index (χ2n) is 9.95. The highest BCUT2D eigenvalue weighted by atomic mass is 17.3. The summed E-state index contributed by atoms with van der Waals surface area (Å²) >= 11 is 0. The van der Waals surface area contributed by atoms with Gasteiger partial charge >= 0.3 is 5.97 Å².